The molecule has 0 saturated carbocycles. The molecule has 0 radical (unpaired) electrons. The van der Waals surface area contributed by atoms with E-state index in [-0.39, 0.29) is 18.1 Å². The molecule has 0 bridgehead atoms. The lowest BCUT2D eigenvalue weighted by Gasteiger charge is -2.34. The molecular formula is C25H33F3N6O2. The van der Waals surface area contributed by atoms with E-state index in [2.05, 4.69) is 32.5 Å². The monoisotopic (exact) mass is 506 g/mol. The van der Waals surface area contributed by atoms with Crippen molar-refractivity contribution in [2.75, 3.05) is 81.6 Å². The number of pyridine rings is 1. The quantitative estimate of drug-likeness (QED) is 0.530. The predicted octanol–water partition coefficient (Wildman–Crippen LogP) is 3.65. The number of alkyl halides is 3. The minimum Gasteiger partial charge on any atom is -0.384 e. The lowest BCUT2D eigenvalue weighted by molar-refractivity contribution is -0.137. The number of nitrogens with zero attached hydrogens (tertiary/aromatic N) is 4. The standard InChI is InChI=1S/C25H33F3N6O2/c1-32-10-12-33(13-11-32)20-5-3-19(4-6-20)31-23-17-22(21(18-30-23)25(26,27)28)29-8-2-9-34-14-16-36-15-7-24(34)35/h3-6,17-18H,2,7-16H2,1H3,(H2,29,30,31). The van der Waals surface area contributed by atoms with E-state index in [1.165, 1.54) is 6.07 Å². The van der Waals surface area contributed by atoms with E-state index in [9.17, 15) is 18.0 Å². The number of halogens is 3. The zero-order valence-electron chi connectivity index (χ0n) is 20.5. The lowest BCUT2D eigenvalue weighted by atomic mass is 10.2. The summed E-state index contributed by atoms with van der Waals surface area (Å²) >= 11 is 0. The number of nitrogens with one attached hydrogen (secondary N) is 2. The molecule has 0 unspecified atom stereocenters. The predicted molar refractivity (Wildman–Crippen MR) is 134 cm³/mol. The van der Waals surface area contributed by atoms with Crippen LogP contribution in [0.15, 0.2) is 36.5 Å². The highest BCUT2D eigenvalue weighted by atomic mass is 19.4. The van der Waals surface area contributed by atoms with Gasteiger partial charge in [-0.2, -0.15) is 13.2 Å². The lowest BCUT2D eigenvalue weighted by Crippen LogP contribution is -2.44. The van der Waals surface area contributed by atoms with E-state index >= 15 is 0 Å². The number of aromatic nitrogens is 1. The molecule has 2 aromatic rings. The first-order chi connectivity index (χ1) is 17.3. The van der Waals surface area contributed by atoms with Gasteiger partial charge in [-0.25, -0.2) is 4.98 Å². The number of ether oxygens (including phenoxy) is 1. The smallest absolute Gasteiger partial charge is 0.384 e. The van der Waals surface area contributed by atoms with Crippen molar-refractivity contribution in [1.29, 1.82) is 0 Å². The van der Waals surface area contributed by atoms with Crippen LogP contribution >= 0.6 is 0 Å². The second-order valence-corrected chi connectivity index (χ2v) is 9.10. The third-order valence-electron chi connectivity index (χ3n) is 6.46. The van der Waals surface area contributed by atoms with Gasteiger partial charge in [-0.3, -0.25) is 4.79 Å². The first kappa shape index (κ1) is 26.0. The topological polar surface area (TPSA) is 73.0 Å². The summed E-state index contributed by atoms with van der Waals surface area (Å²) in [6.07, 6.45) is -2.84. The van der Waals surface area contributed by atoms with Gasteiger partial charge in [-0.15, -0.1) is 0 Å². The maximum Gasteiger partial charge on any atom is 0.419 e. The van der Waals surface area contributed by atoms with Crippen LogP contribution in [-0.2, 0) is 15.7 Å². The minimum atomic E-state index is -4.53. The van der Waals surface area contributed by atoms with E-state index in [4.69, 9.17) is 4.74 Å². The third-order valence-corrected chi connectivity index (χ3v) is 6.46. The van der Waals surface area contributed by atoms with Gasteiger partial charge in [0.2, 0.25) is 5.91 Å². The molecule has 0 aliphatic carbocycles. The highest BCUT2D eigenvalue weighted by Gasteiger charge is 2.34. The number of carbonyl (C=O) groups is 1. The molecule has 1 amide bonds. The summed E-state index contributed by atoms with van der Waals surface area (Å²) in [5.74, 6) is 0.329. The molecule has 2 saturated heterocycles. The van der Waals surface area contributed by atoms with Crippen molar-refractivity contribution >= 4 is 28.8 Å². The Bertz CT molecular complexity index is 1010. The van der Waals surface area contributed by atoms with Gasteiger partial charge in [0, 0.05) is 69.5 Å². The summed E-state index contributed by atoms with van der Waals surface area (Å²) < 4.78 is 46.0. The summed E-state index contributed by atoms with van der Waals surface area (Å²) in [4.78, 5) is 22.4. The molecule has 8 nitrogen and oxygen atoms in total. The van der Waals surface area contributed by atoms with Crippen LogP contribution in [0.4, 0.5) is 36.1 Å². The fraction of sp³-hybridized carbons (Fsp3) is 0.520. The van der Waals surface area contributed by atoms with Gasteiger partial charge in [0.1, 0.15) is 5.82 Å². The zero-order chi connectivity index (χ0) is 25.5. The van der Waals surface area contributed by atoms with E-state index in [1.807, 2.05) is 24.3 Å². The van der Waals surface area contributed by atoms with Gasteiger partial charge in [0.15, 0.2) is 0 Å². The molecule has 0 spiro atoms. The Balaban J connectivity index is 1.37. The average molecular weight is 507 g/mol. The molecular weight excluding hydrogens is 473 g/mol. The molecule has 1 aromatic carbocycles. The van der Waals surface area contributed by atoms with Gasteiger partial charge in [-0.05, 0) is 37.7 Å². The minimum absolute atomic E-state index is 0.0116. The van der Waals surface area contributed by atoms with Crippen LogP contribution in [0.1, 0.15) is 18.4 Å². The van der Waals surface area contributed by atoms with Crippen LogP contribution in [0.2, 0.25) is 0 Å². The van der Waals surface area contributed by atoms with Crippen molar-refractivity contribution in [3.63, 3.8) is 0 Å². The third kappa shape index (κ3) is 7.01. The first-order valence-corrected chi connectivity index (χ1v) is 12.3. The Hall–Kier alpha value is -3.05. The average Bonchev–Trinajstić information content (AvgIpc) is 3.06. The number of hydrogen-bond donors (Lipinski definition) is 2. The summed E-state index contributed by atoms with van der Waals surface area (Å²) in [7, 11) is 2.11. The Morgan fingerprint density at radius 2 is 1.81 bits per heavy atom. The van der Waals surface area contributed by atoms with Crippen LogP contribution in [0, 0.1) is 0 Å². The largest absolute Gasteiger partial charge is 0.419 e. The highest BCUT2D eigenvalue weighted by Crippen LogP contribution is 2.36. The van der Waals surface area contributed by atoms with Crippen molar-refractivity contribution in [2.45, 2.75) is 19.0 Å². The van der Waals surface area contributed by atoms with Gasteiger partial charge in [-0.1, -0.05) is 0 Å². The summed E-state index contributed by atoms with van der Waals surface area (Å²) in [6.45, 7) is 6.08. The van der Waals surface area contributed by atoms with E-state index in [0.717, 1.165) is 43.8 Å². The van der Waals surface area contributed by atoms with Crippen molar-refractivity contribution in [1.82, 2.24) is 14.8 Å². The summed E-state index contributed by atoms with van der Waals surface area (Å²) in [5, 5.41) is 5.99. The van der Waals surface area contributed by atoms with E-state index in [1.54, 1.807) is 4.90 Å². The van der Waals surface area contributed by atoms with Crippen LogP contribution < -0.4 is 15.5 Å². The molecule has 2 fully saturated rings. The molecule has 36 heavy (non-hydrogen) atoms. The maximum absolute atomic E-state index is 13.6. The fourth-order valence-electron chi connectivity index (χ4n) is 4.31. The van der Waals surface area contributed by atoms with Crippen molar-refractivity contribution in [3.05, 3.63) is 42.1 Å². The SMILES string of the molecule is CN1CCN(c2ccc(Nc3cc(NCCCN4CCOCCC4=O)c(C(F)(F)F)cn3)cc2)CC1. The van der Waals surface area contributed by atoms with Crippen LogP contribution in [0.25, 0.3) is 0 Å². The maximum atomic E-state index is 13.6. The van der Waals surface area contributed by atoms with Gasteiger partial charge < -0.3 is 30.1 Å². The number of anilines is 4. The number of hydrogen-bond acceptors (Lipinski definition) is 7. The Morgan fingerprint density at radius 3 is 2.53 bits per heavy atom. The Labute approximate surface area is 209 Å². The molecule has 11 heteroatoms. The van der Waals surface area contributed by atoms with Crippen LogP contribution in [0.3, 0.4) is 0 Å². The molecule has 0 atom stereocenters. The second-order valence-electron chi connectivity index (χ2n) is 9.10. The fourth-order valence-corrected chi connectivity index (χ4v) is 4.31. The molecule has 2 N–H and O–H groups in total. The molecule has 196 valence electrons. The highest BCUT2D eigenvalue weighted by molar-refractivity contribution is 5.76. The molecule has 1 aromatic heterocycles. The van der Waals surface area contributed by atoms with Gasteiger partial charge in [0.05, 0.1) is 30.9 Å². The summed E-state index contributed by atoms with van der Waals surface area (Å²) in [5.41, 5.74) is 0.996. The van der Waals surface area contributed by atoms with Crippen molar-refractivity contribution in [2.24, 2.45) is 0 Å². The number of carbonyl (C=O) groups excluding carboxylic acids is 1. The molecule has 4 rings (SSSR count). The van der Waals surface area contributed by atoms with Crippen molar-refractivity contribution in [3.8, 4) is 0 Å². The number of piperazine rings is 1. The van der Waals surface area contributed by atoms with Crippen LogP contribution in [-0.4, -0.2) is 86.8 Å². The number of amides is 1. The normalized spacial score (nSPS) is 17.7. The number of benzene rings is 1. The zero-order valence-corrected chi connectivity index (χ0v) is 20.5. The first-order valence-electron chi connectivity index (χ1n) is 12.3. The summed E-state index contributed by atoms with van der Waals surface area (Å²) in [6, 6.07) is 9.20. The van der Waals surface area contributed by atoms with E-state index in [0.29, 0.717) is 45.0 Å². The van der Waals surface area contributed by atoms with Gasteiger partial charge >= 0.3 is 6.18 Å². The number of rotatable bonds is 8. The molecule has 2 aliphatic rings. The Kier molecular flexibility index (Phi) is 8.52. The molecule has 2 aliphatic heterocycles. The van der Waals surface area contributed by atoms with Crippen LogP contribution in [0.5, 0.6) is 0 Å². The van der Waals surface area contributed by atoms with Gasteiger partial charge in [0.25, 0.3) is 0 Å². The molecule has 3 heterocycles. The number of likely N-dealkylation sites (N-methyl/N-ethyl adjacent to an activating group) is 1. The van der Waals surface area contributed by atoms with Crippen molar-refractivity contribution < 1.29 is 22.7 Å². The van der Waals surface area contributed by atoms with E-state index < -0.39 is 11.7 Å². The second kappa shape index (κ2) is 11.8. The Morgan fingerprint density at radius 1 is 1.06 bits per heavy atom.